The number of nitrogens with zero attached hydrogens (tertiary/aromatic N) is 2. The van der Waals surface area contributed by atoms with Gasteiger partial charge in [-0.05, 0) is 57.4 Å². The second-order valence-corrected chi connectivity index (χ2v) is 7.66. The van der Waals surface area contributed by atoms with Crippen molar-refractivity contribution in [1.29, 1.82) is 0 Å². The highest BCUT2D eigenvalue weighted by Gasteiger charge is 2.28. The second-order valence-electron chi connectivity index (χ2n) is 7.66. The third-order valence-corrected chi connectivity index (χ3v) is 5.97. The molecule has 3 heterocycles. The number of carbonyl (C=O) groups excluding carboxylic acids is 2. The summed E-state index contributed by atoms with van der Waals surface area (Å²) in [5, 5.41) is 0. The Kier molecular flexibility index (Phi) is 7.33. The molecular weight excluding hydrogens is 344 g/mol. The number of furan rings is 1. The predicted molar refractivity (Wildman–Crippen MR) is 102 cm³/mol. The van der Waals surface area contributed by atoms with Gasteiger partial charge in [-0.2, -0.15) is 0 Å². The van der Waals surface area contributed by atoms with Crippen molar-refractivity contribution in [2.24, 2.45) is 5.92 Å². The van der Waals surface area contributed by atoms with E-state index in [2.05, 4.69) is 0 Å². The van der Waals surface area contributed by atoms with E-state index in [1.807, 2.05) is 16.7 Å². The van der Waals surface area contributed by atoms with Crippen LogP contribution in [0.25, 0.3) is 0 Å². The van der Waals surface area contributed by atoms with Gasteiger partial charge >= 0.3 is 0 Å². The normalized spacial score (nSPS) is 21.7. The summed E-state index contributed by atoms with van der Waals surface area (Å²) in [5.41, 5.74) is 0.602. The lowest BCUT2D eigenvalue weighted by atomic mass is 9.94. The van der Waals surface area contributed by atoms with Crippen molar-refractivity contribution in [1.82, 2.24) is 9.80 Å². The van der Waals surface area contributed by atoms with Crippen LogP contribution >= 0.6 is 0 Å². The molecule has 1 aromatic heterocycles. The van der Waals surface area contributed by atoms with E-state index in [0.717, 1.165) is 64.8 Å². The molecule has 1 atom stereocenters. The van der Waals surface area contributed by atoms with Crippen molar-refractivity contribution >= 4 is 11.8 Å². The Hall–Kier alpha value is -1.82. The molecule has 0 bridgehead atoms. The van der Waals surface area contributed by atoms with Crippen LogP contribution in [-0.4, -0.2) is 60.5 Å². The van der Waals surface area contributed by atoms with Gasteiger partial charge in [0.25, 0.3) is 5.91 Å². The Morgan fingerprint density at radius 2 is 2.00 bits per heavy atom. The molecule has 6 nitrogen and oxygen atoms in total. The number of amides is 2. The van der Waals surface area contributed by atoms with Crippen molar-refractivity contribution in [3.63, 3.8) is 0 Å². The molecule has 2 saturated heterocycles. The van der Waals surface area contributed by atoms with Crippen LogP contribution in [0.2, 0.25) is 0 Å². The van der Waals surface area contributed by atoms with Crippen LogP contribution in [0.5, 0.6) is 0 Å². The molecule has 0 saturated carbocycles. The minimum atomic E-state index is 0.0237. The number of ether oxygens (including phenoxy) is 1. The van der Waals surface area contributed by atoms with Crippen molar-refractivity contribution < 1.29 is 18.7 Å². The monoisotopic (exact) mass is 376 g/mol. The molecule has 150 valence electrons. The second kappa shape index (κ2) is 9.93. The van der Waals surface area contributed by atoms with Crippen LogP contribution in [0.15, 0.2) is 23.0 Å². The van der Waals surface area contributed by atoms with Gasteiger partial charge < -0.3 is 19.0 Å². The van der Waals surface area contributed by atoms with E-state index >= 15 is 0 Å². The van der Waals surface area contributed by atoms with Crippen molar-refractivity contribution in [3.05, 3.63) is 24.2 Å². The lowest BCUT2D eigenvalue weighted by Gasteiger charge is -2.30. The zero-order chi connectivity index (χ0) is 19.1. The predicted octanol–water partition coefficient (Wildman–Crippen LogP) is 3.33. The van der Waals surface area contributed by atoms with Crippen LogP contribution in [0.1, 0.15) is 62.2 Å². The lowest BCUT2D eigenvalue weighted by molar-refractivity contribution is -0.131. The van der Waals surface area contributed by atoms with Crippen LogP contribution in [0.4, 0.5) is 0 Å². The fraction of sp³-hybridized carbons (Fsp3) is 0.714. The standard InChI is InChI=1S/C21H32N2O4/c1-2-23(21(25)18-10-15-27-16-18)19-4-3-11-22(12-7-19)20(24)6-5-17-8-13-26-14-9-17/h10,15-17,19H,2-9,11-14H2,1H3. The molecule has 2 aliphatic rings. The molecule has 3 rings (SSSR count). The highest BCUT2D eigenvalue weighted by molar-refractivity contribution is 5.94. The highest BCUT2D eigenvalue weighted by atomic mass is 16.5. The summed E-state index contributed by atoms with van der Waals surface area (Å²) in [6.45, 7) is 5.91. The Morgan fingerprint density at radius 3 is 2.70 bits per heavy atom. The Balaban J connectivity index is 1.50. The summed E-state index contributed by atoms with van der Waals surface area (Å²) >= 11 is 0. The lowest BCUT2D eigenvalue weighted by Crippen LogP contribution is -2.41. The minimum Gasteiger partial charge on any atom is -0.472 e. The molecule has 6 heteroatoms. The summed E-state index contributed by atoms with van der Waals surface area (Å²) in [6, 6.07) is 1.90. The van der Waals surface area contributed by atoms with E-state index in [1.165, 1.54) is 12.5 Å². The van der Waals surface area contributed by atoms with E-state index < -0.39 is 0 Å². The van der Waals surface area contributed by atoms with Gasteiger partial charge in [-0.25, -0.2) is 0 Å². The highest BCUT2D eigenvalue weighted by Crippen LogP contribution is 2.23. The first-order valence-electron chi connectivity index (χ1n) is 10.4. The van der Waals surface area contributed by atoms with Gasteiger partial charge in [0, 0.05) is 45.3 Å². The van der Waals surface area contributed by atoms with Crippen molar-refractivity contribution in [3.8, 4) is 0 Å². The van der Waals surface area contributed by atoms with E-state index in [4.69, 9.17) is 9.15 Å². The van der Waals surface area contributed by atoms with Gasteiger partial charge in [0.15, 0.2) is 0 Å². The fourth-order valence-electron chi connectivity index (χ4n) is 4.28. The number of likely N-dealkylation sites (tertiary alicyclic amines) is 1. The molecule has 0 radical (unpaired) electrons. The zero-order valence-electron chi connectivity index (χ0n) is 16.4. The number of rotatable bonds is 6. The summed E-state index contributed by atoms with van der Waals surface area (Å²) in [4.78, 5) is 29.3. The number of hydrogen-bond acceptors (Lipinski definition) is 4. The molecule has 1 aromatic rings. The summed E-state index contributed by atoms with van der Waals surface area (Å²) < 4.78 is 10.5. The van der Waals surface area contributed by atoms with Crippen LogP contribution < -0.4 is 0 Å². The van der Waals surface area contributed by atoms with Crippen LogP contribution in [0, 0.1) is 5.92 Å². The molecule has 0 aromatic carbocycles. The average Bonchev–Trinajstić information content (AvgIpc) is 3.13. The van der Waals surface area contributed by atoms with Crippen LogP contribution in [-0.2, 0) is 9.53 Å². The summed E-state index contributed by atoms with van der Waals surface area (Å²) in [5.74, 6) is 0.924. The van der Waals surface area contributed by atoms with E-state index in [0.29, 0.717) is 24.4 Å². The van der Waals surface area contributed by atoms with Crippen LogP contribution in [0.3, 0.4) is 0 Å². The van der Waals surface area contributed by atoms with Gasteiger partial charge in [-0.15, -0.1) is 0 Å². The van der Waals surface area contributed by atoms with Gasteiger partial charge in [0.05, 0.1) is 11.8 Å². The average molecular weight is 376 g/mol. The summed E-state index contributed by atoms with van der Waals surface area (Å²) in [7, 11) is 0. The number of hydrogen-bond donors (Lipinski definition) is 0. The first-order chi connectivity index (χ1) is 13.2. The van der Waals surface area contributed by atoms with E-state index in [1.54, 1.807) is 6.07 Å². The maximum Gasteiger partial charge on any atom is 0.257 e. The van der Waals surface area contributed by atoms with E-state index in [9.17, 15) is 9.59 Å². The molecule has 0 N–H and O–H groups in total. The molecule has 1 unspecified atom stereocenters. The van der Waals surface area contributed by atoms with Gasteiger partial charge in [0.1, 0.15) is 6.26 Å². The zero-order valence-corrected chi connectivity index (χ0v) is 16.4. The fourth-order valence-corrected chi connectivity index (χ4v) is 4.28. The third kappa shape index (κ3) is 5.34. The smallest absolute Gasteiger partial charge is 0.257 e. The number of carbonyl (C=O) groups is 2. The quantitative estimate of drug-likeness (QED) is 0.764. The topological polar surface area (TPSA) is 63.0 Å². The Bertz CT molecular complexity index is 595. The SMILES string of the molecule is CCN(C(=O)c1ccoc1)C1CCCN(C(=O)CCC2CCOCC2)CC1. The maximum atomic E-state index is 12.7. The molecular formula is C21H32N2O4. The van der Waals surface area contributed by atoms with Gasteiger partial charge in [0.2, 0.25) is 5.91 Å². The molecule has 2 amide bonds. The Labute approximate surface area is 161 Å². The van der Waals surface area contributed by atoms with Crippen molar-refractivity contribution in [2.75, 3.05) is 32.8 Å². The van der Waals surface area contributed by atoms with Gasteiger partial charge in [-0.1, -0.05) is 0 Å². The molecule has 2 fully saturated rings. The molecule has 0 aliphatic carbocycles. The first-order valence-corrected chi connectivity index (χ1v) is 10.4. The first kappa shape index (κ1) is 19.9. The third-order valence-electron chi connectivity index (χ3n) is 5.97. The minimum absolute atomic E-state index is 0.0237. The molecule has 0 spiro atoms. The van der Waals surface area contributed by atoms with Crippen molar-refractivity contribution in [2.45, 2.75) is 57.9 Å². The molecule has 2 aliphatic heterocycles. The van der Waals surface area contributed by atoms with E-state index in [-0.39, 0.29) is 17.9 Å². The molecule has 27 heavy (non-hydrogen) atoms. The largest absolute Gasteiger partial charge is 0.472 e. The van der Waals surface area contributed by atoms with Gasteiger partial charge in [-0.3, -0.25) is 9.59 Å². The maximum absolute atomic E-state index is 12.7. The Morgan fingerprint density at radius 1 is 1.19 bits per heavy atom. The summed E-state index contributed by atoms with van der Waals surface area (Å²) in [6.07, 6.45) is 9.56.